The molecule has 0 atom stereocenters. The van der Waals surface area contributed by atoms with Crippen molar-refractivity contribution in [2.24, 2.45) is 0 Å². The summed E-state index contributed by atoms with van der Waals surface area (Å²) in [6.45, 7) is 0.492. The highest BCUT2D eigenvalue weighted by Crippen LogP contribution is 2.08. The van der Waals surface area contributed by atoms with Crippen LogP contribution in [0.3, 0.4) is 0 Å². The maximum Gasteiger partial charge on any atom is 0.151 e. The molecule has 0 unspecified atom stereocenters. The number of nitriles is 1. The van der Waals surface area contributed by atoms with Crippen molar-refractivity contribution < 1.29 is 4.74 Å². The number of aromatic nitrogens is 1. The summed E-state index contributed by atoms with van der Waals surface area (Å²) in [7, 11) is 1.60. The van der Waals surface area contributed by atoms with Gasteiger partial charge < -0.3 is 4.74 Å². The number of methoxy groups -OCH3 is 1. The van der Waals surface area contributed by atoms with Crippen molar-refractivity contribution >= 4 is 11.3 Å². The normalized spacial score (nSPS) is 9.20. The molecule has 1 aromatic rings. The van der Waals surface area contributed by atoms with E-state index in [9.17, 15) is 0 Å². The Hall–Kier alpha value is -0.920. The van der Waals surface area contributed by atoms with Crippen LogP contribution in [0.1, 0.15) is 10.7 Å². The van der Waals surface area contributed by atoms with Crippen LogP contribution in [0.4, 0.5) is 0 Å². The van der Waals surface area contributed by atoms with Gasteiger partial charge in [0, 0.05) is 12.5 Å². The molecule has 52 valence electrons. The van der Waals surface area contributed by atoms with Crippen molar-refractivity contribution in [3.05, 3.63) is 16.1 Å². The maximum atomic E-state index is 8.37. The predicted octanol–water partition coefficient (Wildman–Crippen LogP) is 1.16. The second-order valence-electron chi connectivity index (χ2n) is 1.67. The first-order chi connectivity index (χ1) is 4.86. The lowest BCUT2D eigenvalue weighted by Crippen LogP contribution is -1.85. The number of nitrogens with zero attached hydrogens (tertiary/aromatic N) is 2. The fourth-order valence-electron chi connectivity index (χ4n) is 0.552. The molecule has 0 fully saturated rings. The average Bonchev–Trinajstić information content (AvgIpc) is 2.37. The van der Waals surface area contributed by atoms with Crippen LogP contribution in [0, 0.1) is 11.3 Å². The molecule has 0 saturated heterocycles. The highest BCUT2D eigenvalue weighted by molar-refractivity contribution is 7.09. The van der Waals surface area contributed by atoms with E-state index in [4.69, 9.17) is 10.00 Å². The summed E-state index contributed by atoms with van der Waals surface area (Å²) >= 11 is 1.44. The van der Waals surface area contributed by atoms with Crippen molar-refractivity contribution in [1.82, 2.24) is 4.98 Å². The summed E-state index contributed by atoms with van der Waals surface area (Å²) in [6, 6.07) is 1.95. The molecule has 0 amide bonds. The molecule has 0 N–H and O–H groups in total. The predicted molar refractivity (Wildman–Crippen MR) is 37.5 cm³/mol. The first-order valence-corrected chi connectivity index (χ1v) is 3.58. The summed E-state index contributed by atoms with van der Waals surface area (Å²) < 4.78 is 4.82. The van der Waals surface area contributed by atoms with E-state index in [1.165, 1.54) is 11.3 Å². The standard InChI is InChI=1S/C6H6N2OS/c1-9-3-6-8-5(2-7)4-10-6/h4H,3H2,1H3. The van der Waals surface area contributed by atoms with E-state index < -0.39 is 0 Å². The van der Waals surface area contributed by atoms with Crippen LogP contribution < -0.4 is 0 Å². The molecule has 0 aliphatic carbocycles. The van der Waals surface area contributed by atoms with Gasteiger partial charge in [-0.1, -0.05) is 0 Å². The lowest BCUT2D eigenvalue weighted by molar-refractivity contribution is 0.184. The van der Waals surface area contributed by atoms with Crippen LogP contribution in [0.5, 0.6) is 0 Å². The lowest BCUT2D eigenvalue weighted by Gasteiger charge is -1.88. The molecule has 0 bridgehead atoms. The molecular formula is C6H6N2OS. The Labute approximate surface area is 62.9 Å². The Morgan fingerprint density at radius 2 is 2.70 bits per heavy atom. The van der Waals surface area contributed by atoms with Gasteiger partial charge in [0.1, 0.15) is 11.1 Å². The minimum atomic E-state index is 0.469. The molecule has 0 radical (unpaired) electrons. The second-order valence-corrected chi connectivity index (χ2v) is 2.61. The van der Waals surface area contributed by atoms with Gasteiger partial charge in [0.2, 0.25) is 0 Å². The van der Waals surface area contributed by atoms with Gasteiger partial charge in [-0.15, -0.1) is 11.3 Å². The van der Waals surface area contributed by atoms with Crippen LogP contribution in [0.15, 0.2) is 5.38 Å². The molecule has 0 aromatic carbocycles. The molecular weight excluding hydrogens is 148 g/mol. The first-order valence-electron chi connectivity index (χ1n) is 2.70. The van der Waals surface area contributed by atoms with Crippen LogP contribution >= 0.6 is 11.3 Å². The number of hydrogen-bond donors (Lipinski definition) is 0. The summed E-state index contributed by atoms with van der Waals surface area (Å²) in [5.41, 5.74) is 0.469. The number of ether oxygens (including phenoxy) is 1. The Morgan fingerprint density at radius 3 is 3.20 bits per heavy atom. The first kappa shape index (κ1) is 7.19. The van der Waals surface area contributed by atoms with Gasteiger partial charge in [-0.3, -0.25) is 0 Å². The Balaban J connectivity index is 2.71. The third-order valence-corrected chi connectivity index (χ3v) is 1.76. The van der Waals surface area contributed by atoms with E-state index in [2.05, 4.69) is 4.98 Å². The van der Waals surface area contributed by atoms with Gasteiger partial charge in [-0.05, 0) is 0 Å². The van der Waals surface area contributed by atoms with Gasteiger partial charge in [0.15, 0.2) is 5.69 Å². The largest absolute Gasteiger partial charge is 0.378 e. The third kappa shape index (κ3) is 1.53. The topological polar surface area (TPSA) is 45.9 Å². The number of hydrogen-bond acceptors (Lipinski definition) is 4. The van der Waals surface area contributed by atoms with E-state index in [-0.39, 0.29) is 0 Å². The molecule has 4 heteroatoms. The van der Waals surface area contributed by atoms with Crippen molar-refractivity contribution in [3.63, 3.8) is 0 Å². The molecule has 0 saturated carbocycles. The summed E-state index contributed by atoms with van der Waals surface area (Å²) in [5.74, 6) is 0. The second kappa shape index (κ2) is 3.30. The Morgan fingerprint density at radius 1 is 1.90 bits per heavy atom. The Bertz CT molecular complexity index is 250. The fraction of sp³-hybridized carbons (Fsp3) is 0.333. The average molecular weight is 154 g/mol. The zero-order chi connectivity index (χ0) is 7.40. The van der Waals surface area contributed by atoms with Crippen LogP contribution in [-0.4, -0.2) is 12.1 Å². The van der Waals surface area contributed by atoms with Crippen molar-refractivity contribution in [2.75, 3.05) is 7.11 Å². The van der Waals surface area contributed by atoms with Crippen molar-refractivity contribution in [2.45, 2.75) is 6.61 Å². The number of rotatable bonds is 2. The third-order valence-electron chi connectivity index (χ3n) is 0.934. The van der Waals surface area contributed by atoms with Crippen molar-refractivity contribution in [1.29, 1.82) is 5.26 Å². The summed E-state index contributed by atoms with van der Waals surface area (Å²) in [6.07, 6.45) is 0. The zero-order valence-electron chi connectivity index (χ0n) is 5.50. The Kier molecular flexibility index (Phi) is 2.37. The van der Waals surface area contributed by atoms with Gasteiger partial charge >= 0.3 is 0 Å². The van der Waals surface area contributed by atoms with Gasteiger partial charge in [0.25, 0.3) is 0 Å². The summed E-state index contributed by atoms with van der Waals surface area (Å²) in [5, 5.41) is 10.9. The van der Waals surface area contributed by atoms with E-state index in [0.29, 0.717) is 12.3 Å². The van der Waals surface area contributed by atoms with Gasteiger partial charge in [0.05, 0.1) is 6.61 Å². The zero-order valence-corrected chi connectivity index (χ0v) is 6.31. The van der Waals surface area contributed by atoms with E-state index in [0.717, 1.165) is 5.01 Å². The number of thiazole rings is 1. The summed E-state index contributed by atoms with van der Waals surface area (Å²) in [4.78, 5) is 3.95. The molecule has 1 aromatic heterocycles. The molecule has 0 aliphatic heterocycles. The van der Waals surface area contributed by atoms with E-state index in [1.54, 1.807) is 12.5 Å². The monoisotopic (exact) mass is 154 g/mol. The van der Waals surface area contributed by atoms with E-state index >= 15 is 0 Å². The fourth-order valence-corrected chi connectivity index (χ4v) is 1.24. The highest BCUT2D eigenvalue weighted by Gasteiger charge is 1.98. The SMILES string of the molecule is COCc1nc(C#N)cs1. The van der Waals surface area contributed by atoms with Crippen LogP contribution in [0.2, 0.25) is 0 Å². The quantitative estimate of drug-likeness (QED) is 0.642. The maximum absolute atomic E-state index is 8.37. The minimum absolute atomic E-state index is 0.469. The smallest absolute Gasteiger partial charge is 0.151 e. The lowest BCUT2D eigenvalue weighted by atomic mass is 10.6. The molecule has 0 spiro atoms. The van der Waals surface area contributed by atoms with Gasteiger partial charge in [-0.25, -0.2) is 4.98 Å². The van der Waals surface area contributed by atoms with Crippen molar-refractivity contribution in [3.8, 4) is 6.07 Å². The molecule has 10 heavy (non-hydrogen) atoms. The molecule has 3 nitrogen and oxygen atoms in total. The molecule has 0 aliphatic rings. The van der Waals surface area contributed by atoms with Crippen LogP contribution in [0.25, 0.3) is 0 Å². The molecule has 1 rings (SSSR count). The highest BCUT2D eigenvalue weighted by atomic mass is 32.1. The minimum Gasteiger partial charge on any atom is -0.378 e. The van der Waals surface area contributed by atoms with E-state index in [1.807, 2.05) is 6.07 Å². The van der Waals surface area contributed by atoms with Gasteiger partial charge in [-0.2, -0.15) is 5.26 Å². The van der Waals surface area contributed by atoms with Crippen LogP contribution in [-0.2, 0) is 11.3 Å². The molecule has 1 heterocycles.